The molecule has 0 bridgehead atoms. The van der Waals surface area contributed by atoms with Crippen LogP contribution >= 0.6 is 0 Å². The maximum absolute atomic E-state index is 11.6. The fourth-order valence-corrected chi connectivity index (χ4v) is 1.22. The average Bonchev–Trinajstić information content (AvgIpc) is 2.72. The molecular weight excluding hydrogens is 178 g/mol. The van der Waals surface area contributed by atoms with E-state index in [4.69, 9.17) is 4.42 Å². The van der Waals surface area contributed by atoms with Crippen LogP contribution in [0.15, 0.2) is 47.5 Å². The second-order valence-corrected chi connectivity index (χ2v) is 2.97. The lowest BCUT2D eigenvalue weighted by Gasteiger charge is -1.96. The van der Waals surface area contributed by atoms with Crippen LogP contribution in [-0.2, 0) is 6.42 Å². The molecule has 0 saturated heterocycles. The van der Waals surface area contributed by atoms with E-state index in [0.717, 1.165) is 5.56 Å². The predicted molar refractivity (Wildman–Crippen MR) is 51.0 cm³/mol. The zero-order chi connectivity index (χ0) is 9.80. The molecule has 2 heterocycles. The van der Waals surface area contributed by atoms with E-state index in [9.17, 15) is 4.79 Å². The highest BCUT2D eigenvalue weighted by Crippen LogP contribution is 2.06. The summed E-state index contributed by atoms with van der Waals surface area (Å²) in [7, 11) is 0. The van der Waals surface area contributed by atoms with E-state index in [0.29, 0.717) is 12.0 Å². The molecular formula is C11H9NO2. The smallest absolute Gasteiger partial charge is 0.167 e. The third-order valence-corrected chi connectivity index (χ3v) is 1.95. The summed E-state index contributed by atoms with van der Waals surface area (Å²) < 4.78 is 4.89. The summed E-state index contributed by atoms with van der Waals surface area (Å²) in [6, 6.07) is 5.21. The first-order valence-corrected chi connectivity index (χ1v) is 4.30. The number of Topliss-reactive ketones (excluding diaryl/α,β-unsaturated/α-hetero) is 1. The number of aromatic nitrogens is 1. The number of nitrogens with zero attached hydrogens (tertiary/aromatic N) is 1. The molecule has 3 heteroatoms. The normalized spacial score (nSPS) is 10.0. The van der Waals surface area contributed by atoms with Crippen LogP contribution in [0.2, 0.25) is 0 Å². The standard InChI is InChI=1S/C11H9NO2/c13-11(7-9-3-6-14-8-9)10-1-4-12-5-2-10/h1-6,8H,7H2. The van der Waals surface area contributed by atoms with E-state index < -0.39 is 0 Å². The largest absolute Gasteiger partial charge is 0.472 e. The van der Waals surface area contributed by atoms with Gasteiger partial charge in [0, 0.05) is 24.4 Å². The minimum Gasteiger partial charge on any atom is -0.472 e. The zero-order valence-electron chi connectivity index (χ0n) is 7.51. The third-order valence-electron chi connectivity index (χ3n) is 1.95. The van der Waals surface area contributed by atoms with Crippen molar-refractivity contribution in [2.24, 2.45) is 0 Å². The van der Waals surface area contributed by atoms with E-state index in [2.05, 4.69) is 4.98 Å². The molecule has 70 valence electrons. The van der Waals surface area contributed by atoms with Gasteiger partial charge in [-0.1, -0.05) is 0 Å². The Kier molecular flexibility index (Phi) is 2.40. The summed E-state index contributed by atoms with van der Waals surface area (Å²) in [4.78, 5) is 15.5. The Balaban J connectivity index is 2.11. The first-order valence-electron chi connectivity index (χ1n) is 4.30. The fraction of sp³-hybridized carbons (Fsp3) is 0.0909. The van der Waals surface area contributed by atoms with Crippen LogP contribution in [0.5, 0.6) is 0 Å². The molecule has 0 spiro atoms. The van der Waals surface area contributed by atoms with Gasteiger partial charge in [0.25, 0.3) is 0 Å². The predicted octanol–water partition coefficient (Wildman–Crippen LogP) is 2.10. The summed E-state index contributed by atoms with van der Waals surface area (Å²) >= 11 is 0. The Morgan fingerprint density at radius 1 is 1.29 bits per heavy atom. The van der Waals surface area contributed by atoms with Gasteiger partial charge in [-0.2, -0.15) is 0 Å². The summed E-state index contributed by atoms with van der Waals surface area (Å²) in [6.07, 6.45) is 6.75. The maximum atomic E-state index is 11.6. The molecule has 0 radical (unpaired) electrons. The number of hydrogen-bond donors (Lipinski definition) is 0. The van der Waals surface area contributed by atoms with Crippen LogP contribution in [0.25, 0.3) is 0 Å². The number of rotatable bonds is 3. The minimum absolute atomic E-state index is 0.0776. The van der Waals surface area contributed by atoms with Crippen molar-refractivity contribution in [3.05, 3.63) is 54.2 Å². The molecule has 0 N–H and O–H groups in total. The van der Waals surface area contributed by atoms with Gasteiger partial charge in [-0.05, 0) is 23.8 Å². The first kappa shape index (κ1) is 8.69. The number of carbonyl (C=O) groups excluding carboxylic acids is 1. The van der Waals surface area contributed by atoms with Crippen LogP contribution in [0.1, 0.15) is 15.9 Å². The molecule has 0 amide bonds. The average molecular weight is 187 g/mol. The number of pyridine rings is 1. The molecule has 2 aromatic heterocycles. The highest BCUT2D eigenvalue weighted by Gasteiger charge is 2.06. The zero-order valence-corrected chi connectivity index (χ0v) is 7.51. The van der Waals surface area contributed by atoms with E-state index in [1.807, 2.05) is 0 Å². The van der Waals surface area contributed by atoms with Crippen molar-refractivity contribution < 1.29 is 9.21 Å². The van der Waals surface area contributed by atoms with Crippen LogP contribution in [0.3, 0.4) is 0 Å². The Morgan fingerprint density at radius 2 is 2.07 bits per heavy atom. The van der Waals surface area contributed by atoms with Gasteiger partial charge < -0.3 is 4.42 Å². The summed E-state index contributed by atoms with van der Waals surface area (Å²) in [6.45, 7) is 0. The molecule has 0 aliphatic rings. The van der Waals surface area contributed by atoms with E-state index in [-0.39, 0.29) is 5.78 Å². The first-order chi connectivity index (χ1) is 6.86. The monoisotopic (exact) mass is 187 g/mol. The molecule has 0 atom stereocenters. The molecule has 0 fully saturated rings. The number of carbonyl (C=O) groups is 1. The molecule has 0 aromatic carbocycles. The lowest BCUT2D eigenvalue weighted by molar-refractivity contribution is 0.0992. The fourth-order valence-electron chi connectivity index (χ4n) is 1.22. The van der Waals surface area contributed by atoms with E-state index in [1.165, 1.54) is 0 Å². The van der Waals surface area contributed by atoms with Crippen molar-refractivity contribution in [2.75, 3.05) is 0 Å². The van der Waals surface area contributed by atoms with Crippen molar-refractivity contribution in [3.63, 3.8) is 0 Å². The topological polar surface area (TPSA) is 43.1 Å². The molecule has 0 aliphatic heterocycles. The molecule has 14 heavy (non-hydrogen) atoms. The Bertz CT molecular complexity index is 406. The summed E-state index contributed by atoms with van der Waals surface area (Å²) in [5.74, 6) is 0.0776. The second-order valence-electron chi connectivity index (χ2n) is 2.97. The van der Waals surface area contributed by atoms with Crippen molar-refractivity contribution in [1.82, 2.24) is 4.98 Å². The van der Waals surface area contributed by atoms with Crippen molar-refractivity contribution in [1.29, 1.82) is 0 Å². The van der Waals surface area contributed by atoms with Crippen LogP contribution in [0, 0.1) is 0 Å². The second kappa shape index (κ2) is 3.87. The highest BCUT2D eigenvalue weighted by atomic mass is 16.3. The number of furan rings is 1. The van der Waals surface area contributed by atoms with Gasteiger partial charge >= 0.3 is 0 Å². The van der Waals surface area contributed by atoms with Crippen LogP contribution in [-0.4, -0.2) is 10.8 Å². The lowest BCUT2D eigenvalue weighted by atomic mass is 10.1. The van der Waals surface area contributed by atoms with Gasteiger partial charge in [-0.3, -0.25) is 9.78 Å². The van der Waals surface area contributed by atoms with Gasteiger partial charge in [0.1, 0.15) is 0 Å². The van der Waals surface area contributed by atoms with Crippen LogP contribution in [0.4, 0.5) is 0 Å². The van der Waals surface area contributed by atoms with Gasteiger partial charge in [0.15, 0.2) is 5.78 Å². The Hall–Kier alpha value is -1.90. The van der Waals surface area contributed by atoms with Crippen LogP contribution < -0.4 is 0 Å². The van der Waals surface area contributed by atoms with E-state index >= 15 is 0 Å². The van der Waals surface area contributed by atoms with E-state index in [1.54, 1.807) is 43.1 Å². The Morgan fingerprint density at radius 3 is 2.71 bits per heavy atom. The number of hydrogen-bond acceptors (Lipinski definition) is 3. The van der Waals surface area contributed by atoms with Gasteiger partial charge in [0.05, 0.1) is 12.5 Å². The summed E-state index contributed by atoms with van der Waals surface area (Å²) in [5.41, 5.74) is 1.58. The lowest BCUT2D eigenvalue weighted by Crippen LogP contribution is -2.02. The van der Waals surface area contributed by atoms with Gasteiger partial charge in [-0.25, -0.2) is 0 Å². The highest BCUT2D eigenvalue weighted by molar-refractivity contribution is 5.97. The van der Waals surface area contributed by atoms with Gasteiger partial charge in [0.2, 0.25) is 0 Å². The third kappa shape index (κ3) is 1.88. The molecule has 0 aliphatic carbocycles. The Labute approximate surface area is 81.4 Å². The summed E-state index contributed by atoms with van der Waals surface area (Å²) in [5, 5.41) is 0. The van der Waals surface area contributed by atoms with Crippen molar-refractivity contribution >= 4 is 5.78 Å². The number of ketones is 1. The molecule has 3 nitrogen and oxygen atoms in total. The molecule has 2 rings (SSSR count). The quantitative estimate of drug-likeness (QED) is 0.691. The molecule has 2 aromatic rings. The molecule has 0 saturated carbocycles. The van der Waals surface area contributed by atoms with Crippen molar-refractivity contribution in [3.8, 4) is 0 Å². The SMILES string of the molecule is O=C(Cc1ccoc1)c1ccncc1. The van der Waals surface area contributed by atoms with Gasteiger partial charge in [-0.15, -0.1) is 0 Å². The minimum atomic E-state index is 0.0776. The molecule has 0 unspecified atom stereocenters. The maximum Gasteiger partial charge on any atom is 0.167 e. The van der Waals surface area contributed by atoms with Crippen molar-refractivity contribution in [2.45, 2.75) is 6.42 Å².